The van der Waals surface area contributed by atoms with Crippen LogP contribution >= 0.6 is 0 Å². The molecule has 0 bridgehead atoms. The smallest absolute Gasteiger partial charge is 0.234 e. The van der Waals surface area contributed by atoms with Crippen LogP contribution in [0.2, 0.25) is 0 Å². The normalized spacial score (nSPS) is 29.6. The summed E-state index contributed by atoms with van der Waals surface area (Å²) in [4.78, 5) is 14.4. The van der Waals surface area contributed by atoms with Crippen LogP contribution in [0.15, 0.2) is 0 Å². The molecule has 5 nitrogen and oxygen atoms in total. The third-order valence-electron chi connectivity index (χ3n) is 5.25. The second-order valence-corrected chi connectivity index (χ2v) is 6.77. The number of nitrogens with zero attached hydrogens (tertiary/aromatic N) is 1. The summed E-state index contributed by atoms with van der Waals surface area (Å²) in [5, 5.41) is 6.79. The van der Waals surface area contributed by atoms with Crippen molar-refractivity contribution in [1.29, 1.82) is 0 Å². The first kappa shape index (κ1) is 15.3. The zero-order valence-corrected chi connectivity index (χ0v) is 13.0. The van der Waals surface area contributed by atoms with Gasteiger partial charge in [-0.25, -0.2) is 0 Å². The van der Waals surface area contributed by atoms with Crippen LogP contribution in [0, 0.1) is 5.92 Å². The molecule has 3 fully saturated rings. The van der Waals surface area contributed by atoms with Gasteiger partial charge in [-0.15, -0.1) is 0 Å². The Hall–Kier alpha value is -0.650. The molecule has 3 heterocycles. The van der Waals surface area contributed by atoms with E-state index >= 15 is 0 Å². The Kier molecular flexibility index (Phi) is 5.49. The molecule has 3 rings (SSSR count). The number of hydrogen-bond donors (Lipinski definition) is 2. The molecule has 21 heavy (non-hydrogen) atoms. The minimum absolute atomic E-state index is 0.194. The van der Waals surface area contributed by atoms with Crippen LogP contribution in [0.1, 0.15) is 38.5 Å². The van der Waals surface area contributed by atoms with Crippen molar-refractivity contribution in [2.75, 3.05) is 39.4 Å². The Morgan fingerprint density at radius 3 is 2.57 bits per heavy atom. The first-order valence-electron chi connectivity index (χ1n) is 8.64. The molecule has 3 aliphatic rings. The highest BCUT2D eigenvalue weighted by Gasteiger charge is 2.29. The number of hydrogen-bond acceptors (Lipinski definition) is 4. The lowest BCUT2D eigenvalue weighted by Crippen LogP contribution is -2.47. The second kappa shape index (κ2) is 7.56. The van der Waals surface area contributed by atoms with Crippen molar-refractivity contribution in [1.82, 2.24) is 15.5 Å². The first-order chi connectivity index (χ1) is 10.3. The van der Waals surface area contributed by atoms with Crippen molar-refractivity contribution in [3.05, 3.63) is 0 Å². The third kappa shape index (κ3) is 4.41. The molecule has 0 spiro atoms. The lowest BCUT2D eigenvalue weighted by molar-refractivity contribution is -0.123. The summed E-state index contributed by atoms with van der Waals surface area (Å²) in [5.74, 6) is 1.02. The summed E-state index contributed by atoms with van der Waals surface area (Å²) in [7, 11) is 0. The summed E-state index contributed by atoms with van der Waals surface area (Å²) in [6, 6.07) is 1.06. The van der Waals surface area contributed by atoms with Gasteiger partial charge in [0.05, 0.1) is 6.54 Å². The Balaban J connectivity index is 1.35. The van der Waals surface area contributed by atoms with Crippen molar-refractivity contribution >= 4 is 5.91 Å². The largest absolute Gasteiger partial charge is 0.381 e. The van der Waals surface area contributed by atoms with Crippen molar-refractivity contribution in [3.63, 3.8) is 0 Å². The molecule has 5 heteroatoms. The summed E-state index contributed by atoms with van der Waals surface area (Å²) in [6.45, 7) is 5.48. The van der Waals surface area contributed by atoms with E-state index in [1.165, 1.54) is 32.2 Å². The van der Waals surface area contributed by atoms with Crippen LogP contribution < -0.4 is 10.6 Å². The summed E-state index contributed by atoms with van der Waals surface area (Å²) in [6.07, 6.45) is 7.07. The molecular weight excluding hydrogens is 266 g/mol. The molecule has 3 saturated heterocycles. The van der Waals surface area contributed by atoms with Crippen molar-refractivity contribution < 1.29 is 9.53 Å². The number of rotatable bonds is 4. The molecular formula is C16H29N3O2. The number of nitrogens with one attached hydrogen (secondary N) is 2. The van der Waals surface area contributed by atoms with Gasteiger partial charge >= 0.3 is 0 Å². The molecule has 0 saturated carbocycles. The van der Waals surface area contributed by atoms with Gasteiger partial charge in [0.1, 0.15) is 0 Å². The average Bonchev–Trinajstić information content (AvgIpc) is 3.03. The standard InChI is InChI=1S/C16H29N3O2/c20-16(18-14-5-10-21-11-6-14)12-19-8-3-13(4-9-19)15-2-1-7-17-15/h13-15,17H,1-12H2,(H,18,20). The molecule has 3 aliphatic heterocycles. The maximum absolute atomic E-state index is 12.1. The van der Waals surface area contributed by atoms with E-state index in [9.17, 15) is 4.79 Å². The molecule has 1 amide bonds. The van der Waals surface area contributed by atoms with Crippen molar-refractivity contribution in [2.24, 2.45) is 5.92 Å². The molecule has 0 aromatic heterocycles. The molecule has 0 aromatic rings. The number of amides is 1. The average molecular weight is 295 g/mol. The molecule has 120 valence electrons. The third-order valence-corrected chi connectivity index (χ3v) is 5.25. The van der Waals surface area contributed by atoms with Crippen molar-refractivity contribution in [2.45, 2.75) is 50.6 Å². The predicted molar refractivity (Wildman–Crippen MR) is 82.2 cm³/mol. The van der Waals surface area contributed by atoms with Gasteiger partial charge in [-0.2, -0.15) is 0 Å². The van der Waals surface area contributed by atoms with Gasteiger partial charge in [-0.1, -0.05) is 0 Å². The highest BCUT2D eigenvalue weighted by molar-refractivity contribution is 5.78. The minimum Gasteiger partial charge on any atom is -0.381 e. The van der Waals surface area contributed by atoms with Crippen molar-refractivity contribution in [3.8, 4) is 0 Å². The van der Waals surface area contributed by atoms with Gasteiger partial charge in [0, 0.05) is 25.3 Å². The fraction of sp³-hybridized carbons (Fsp3) is 0.938. The van der Waals surface area contributed by atoms with Gasteiger partial charge < -0.3 is 15.4 Å². The number of carbonyl (C=O) groups excluding carboxylic acids is 1. The zero-order chi connectivity index (χ0) is 14.5. The van der Waals surface area contributed by atoms with Crippen LogP contribution in [0.25, 0.3) is 0 Å². The highest BCUT2D eigenvalue weighted by atomic mass is 16.5. The van der Waals surface area contributed by atoms with E-state index in [-0.39, 0.29) is 5.91 Å². The summed E-state index contributed by atoms with van der Waals surface area (Å²) < 4.78 is 5.32. The van der Waals surface area contributed by atoms with E-state index in [0.717, 1.165) is 51.1 Å². The van der Waals surface area contributed by atoms with E-state index in [4.69, 9.17) is 4.74 Å². The fourth-order valence-corrected chi connectivity index (χ4v) is 3.95. The fourth-order valence-electron chi connectivity index (χ4n) is 3.95. The Labute approximate surface area is 127 Å². The van der Waals surface area contributed by atoms with E-state index in [1.807, 2.05) is 0 Å². The van der Waals surface area contributed by atoms with Crippen LogP contribution in [-0.2, 0) is 9.53 Å². The lowest BCUT2D eigenvalue weighted by atomic mass is 9.88. The van der Waals surface area contributed by atoms with Crippen LogP contribution in [0.5, 0.6) is 0 Å². The lowest BCUT2D eigenvalue weighted by Gasteiger charge is -2.34. The molecule has 0 aromatic carbocycles. The van der Waals surface area contributed by atoms with Crippen LogP contribution in [0.4, 0.5) is 0 Å². The number of carbonyl (C=O) groups is 1. The van der Waals surface area contributed by atoms with Gasteiger partial charge in [0.25, 0.3) is 0 Å². The molecule has 1 unspecified atom stereocenters. The van der Waals surface area contributed by atoms with Gasteiger partial charge in [-0.05, 0) is 64.1 Å². The van der Waals surface area contributed by atoms with E-state index in [2.05, 4.69) is 15.5 Å². The van der Waals surface area contributed by atoms with Gasteiger partial charge in [0.2, 0.25) is 5.91 Å². The van der Waals surface area contributed by atoms with Crippen LogP contribution in [-0.4, -0.2) is 62.3 Å². The maximum Gasteiger partial charge on any atom is 0.234 e. The van der Waals surface area contributed by atoms with Crippen LogP contribution in [0.3, 0.4) is 0 Å². The molecule has 0 aliphatic carbocycles. The second-order valence-electron chi connectivity index (χ2n) is 6.77. The maximum atomic E-state index is 12.1. The molecule has 2 N–H and O–H groups in total. The molecule has 0 radical (unpaired) electrons. The number of likely N-dealkylation sites (tertiary alicyclic amines) is 1. The van der Waals surface area contributed by atoms with Gasteiger partial charge in [0.15, 0.2) is 0 Å². The SMILES string of the molecule is O=C(CN1CCC(C2CCCN2)CC1)NC1CCOCC1. The number of piperidine rings is 1. The van der Waals surface area contributed by atoms with Gasteiger partial charge in [-0.3, -0.25) is 9.69 Å². The topological polar surface area (TPSA) is 53.6 Å². The zero-order valence-electron chi connectivity index (χ0n) is 13.0. The first-order valence-corrected chi connectivity index (χ1v) is 8.64. The number of ether oxygens (including phenoxy) is 1. The van der Waals surface area contributed by atoms with E-state index < -0.39 is 0 Å². The predicted octanol–water partition coefficient (Wildman–Crippen LogP) is 0.746. The molecule has 1 atom stereocenters. The van der Waals surface area contributed by atoms with E-state index in [1.54, 1.807) is 0 Å². The Morgan fingerprint density at radius 1 is 1.14 bits per heavy atom. The highest BCUT2D eigenvalue weighted by Crippen LogP contribution is 2.25. The summed E-state index contributed by atoms with van der Waals surface area (Å²) >= 11 is 0. The quantitative estimate of drug-likeness (QED) is 0.803. The minimum atomic E-state index is 0.194. The Bertz CT molecular complexity index is 330. The monoisotopic (exact) mass is 295 g/mol. The van der Waals surface area contributed by atoms with E-state index in [0.29, 0.717) is 12.6 Å². The Morgan fingerprint density at radius 2 is 1.90 bits per heavy atom. The summed E-state index contributed by atoms with van der Waals surface area (Å²) in [5.41, 5.74) is 0.